The summed E-state index contributed by atoms with van der Waals surface area (Å²) in [4.78, 5) is 10.9. The van der Waals surface area contributed by atoms with E-state index in [1.165, 1.54) is 13.2 Å². The second kappa shape index (κ2) is 5.72. The fourth-order valence-corrected chi connectivity index (χ4v) is 2.43. The van der Waals surface area contributed by atoms with Crippen LogP contribution in [-0.2, 0) is 19.6 Å². The Morgan fingerprint density at radius 1 is 1.44 bits per heavy atom. The second-order valence-electron chi connectivity index (χ2n) is 3.72. The van der Waals surface area contributed by atoms with Gasteiger partial charge in [-0.2, -0.15) is 0 Å². The highest BCUT2D eigenvalue weighted by Crippen LogP contribution is 2.27. The summed E-state index contributed by atoms with van der Waals surface area (Å²) in [5.74, 6) is -1.15. The number of sulfonamides is 1. The minimum Gasteiger partial charge on any atom is -0.506 e. The quantitative estimate of drug-likeness (QED) is 0.617. The van der Waals surface area contributed by atoms with E-state index in [1.54, 1.807) is 19.1 Å². The molecule has 0 aliphatic rings. The Morgan fingerprint density at radius 2 is 2.11 bits per heavy atom. The summed E-state index contributed by atoms with van der Waals surface area (Å²) in [6.07, 6.45) is -0.238. The van der Waals surface area contributed by atoms with Gasteiger partial charge < -0.3 is 9.84 Å². The van der Waals surface area contributed by atoms with E-state index in [9.17, 15) is 18.3 Å². The number of hydrogen-bond donors (Lipinski definition) is 2. The number of carbonyl (C=O) groups is 1. The lowest BCUT2D eigenvalue weighted by Gasteiger charge is -2.11. The molecule has 100 valence electrons. The number of para-hydroxylation sites is 1. The lowest BCUT2D eigenvalue weighted by atomic mass is 10.2. The smallest absolute Gasteiger partial charge is 0.306 e. The van der Waals surface area contributed by atoms with Crippen LogP contribution in [-0.4, -0.2) is 32.4 Å². The molecule has 1 aromatic carbocycles. The monoisotopic (exact) mass is 273 g/mol. The number of anilines is 1. The molecule has 2 N–H and O–H groups in total. The average molecular weight is 273 g/mol. The molecular weight excluding hydrogens is 258 g/mol. The number of esters is 1. The summed E-state index contributed by atoms with van der Waals surface area (Å²) in [7, 11) is -2.51. The van der Waals surface area contributed by atoms with Crippen molar-refractivity contribution in [1.29, 1.82) is 0 Å². The first-order chi connectivity index (χ1) is 8.35. The normalized spacial score (nSPS) is 11.0. The van der Waals surface area contributed by atoms with Gasteiger partial charge in [-0.15, -0.1) is 0 Å². The van der Waals surface area contributed by atoms with Crippen LogP contribution in [0.25, 0.3) is 0 Å². The van der Waals surface area contributed by atoms with Gasteiger partial charge >= 0.3 is 5.97 Å². The molecule has 18 heavy (non-hydrogen) atoms. The summed E-state index contributed by atoms with van der Waals surface area (Å²) in [5.41, 5.74) is 0.721. The van der Waals surface area contributed by atoms with E-state index in [0.29, 0.717) is 5.56 Å². The first-order valence-electron chi connectivity index (χ1n) is 5.21. The third-order valence-electron chi connectivity index (χ3n) is 2.31. The van der Waals surface area contributed by atoms with Crippen LogP contribution in [0.4, 0.5) is 5.69 Å². The van der Waals surface area contributed by atoms with E-state index >= 15 is 0 Å². The van der Waals surface area contributed by atoms with Gasteiger partial charge in [-0.05, 0) is 18.6 Å². The molecule has 6 nitrogen and oxygen atoms in total. The Bertz CT molecular complexity index is 518. The van der Waals surface area contributed by atoms with Crippen LogP contribution in [0.2, 0.25) is 0 Å². The topological polar surface area (TPSA) is 92.7 Å². The predicted molar refractivity (Wildman–Crippen MR) is 66.9 cm³/mol. The molecule has 1 aromatic rings. The molecule has 0 spiro atoms. The van der Waals surface area contributed by atoms with Crippen molar-refractivity contribution in [2.75, 3.05) is 17.6 Å². The van der Waals surface area contributed by atoms with Crippen molar-refractivity contribution < 1.29 is 23.1 Å². The van der Waals surface area contributed by atoms with Crippen molar-refractivity contribution >= 4 is 21.7 Å². The van der Waals surface area contributed by atoms with Crippen molar-refractivity contribution in [3.63, 3.8) is 0 Å². The fraction of sp³-hybridized carbons (Fsp3) is 0.364. The maximum atomic E-state index is 11.7. The van der Waals surface area contributed by atoms with Crippen molar-refractivity contribution in [3.05, 3.63) is 23.8 Å². The Labute approximate surface area is 106 Å². The van der Waals surface area contributed by atoms with Crippen molar-refractivity contribution in [3.8, 4) is 5.75 Å². The maximum absolute atomic E-state index is 11.7. The number of benzene rings is 1. The first kappa shape index (κ1) is 14.3. The van der Waals surface area contributed by atoms with Crippen molar-refractivity contribution in [1.82, 2.24) is 0 Å². The molecular formula is C11H15NO5S. The molecule has 0 unspecified atom stereocenters. The van der Waals surface area contributed by atoms with Gasteiger partial charge in [0.1, 0.15) is 5.75 Å². The second-order valence-corrected chi connectivity index (χ2v) is 5.56. The number of aromatic hydroxyl groups is 1. The molecule has 0 amide bonds. The van der Waals surface area contributed by atoms with Crippen molar-refractivity contribution in [2.24, 2.45) is 0 Å². The molecule has 0 bridgehead atoms. The van der Waals surface area contributed by atoms with Crippen LogP contribution in [0.1, 0.15) is 12.0 Å². The van der Waals surface area contributed by atoms with Crippen molar-refractivity contribution in [2.45, 2.75) is 13.3 Å². The van der Waals surface area contributed by atoms with E-state index < -0.39 is 21.7 Å². The number of rotatable bonds is 5. The summed E-state index contributed by atoms with van der Waals surface area (Å²) >= 11 is 0. The van der Waals surface area contributed by atoms with Gasteiger partial charge in [0.05, 0.1) is 25.0 Å². The SMILES string of the molecule is COC(=O)CCS(=O)(=O)Nc1c(C)cccc1O. The number of phenols is 1. The summed E-state index contributed by atoms with van der Waals surface area (Å²) in [6.45, 7) is 1.66. The zero-order chi connectivity index (χ0) is 13.8. The molecule has 0 saturated carbocycles. The van der Waals surface area contributed by atoms with Crippen LogP contribution >= 0.6 is 0 Å². The number of hydrogen-bond acceptors (Lipinski definition) is 5. The molecule has 0 fully saturated rings. The van der Waals surface area contributed by atoms with Crippen LogP contribution in [0, 0.1) is 6.92 Å². The summed E-state index contributed by atoms with van der Waals surface area (Å²) < 4.78 is 30.0. The van der Waals surface area contributed by atoms with Gasteiger partial charge in [0.2, 0.25) is 10.0 Å². The number of methoxy groups -OCH3 is 1. The molecule has 0 atom stereocenters. The van der Waals surface area contributed by atoms with Crippen LogP contribution < -0.4 is 4.72 Å². The third-order valence-corrected chi connectivity index (χ3v) is 3.57. The van der Waals surface area contributed by atoms with Crippen LogP contribution in [0.15, 0.2) is 18.2 Å². The van der Waals surface area contributed by atoms with Gasteiger partial charge in [0.25, 0.3) is 0 Å². The lowest BCUT2D eigenvalue weighted by molar-refractivity contribution is -0.140. The highest BCUT2D eigenvalue weighted by molar-refractivity contribution is 7.92. The van der Waals surface area contributed by atoms with Gasteiger partial charge in [-0.25, -0.2) is 8.42 Å². The predicted octanol–water partition coefficient (Wildman–Crippen LogP) is 1.01. The number of carbonyl (C=O) groups excluding carboxylic acids is 1. The van der Waals surface area contributed by atoms with Crippen LogP contribution in [0.3, 0.4) is 0 Å². The van der Waals surface area contributed by atoms with E-state index in [0.717, 1.165) is 0 Å². The number of aryl methyl sites for hydroxylation is 1. The molecule has 0 aliphatic carbocycles. The van der Waals surface area contributed by atoms with Gasteiger partial charge in [0.15, 0.2) is 0 Å². The molecule has 0 saturated heterocycles. The molecule has 7 heteroatoms. The first-order valence-corrected chi connectivity index (χ1v) is 6.87. The Morgan fingerprint density at radius 3 is 2.67 bits per heavy atom. The number of phenolic OH excluding ortho intramolecular Hbond substituents is 1. The zero-order valence-electron chi connectivity index (χ0n) is 10.1. The lowest BCUT2D eigenvalue weighted by Crippen LogP contribution is -2.20. The number of ether oxygens (including phenoxy) is 1. The Hall–Kier alpha value is -1.76. The molecule has 0 aliphatic heterocycles. The Kier molecular flexibility index (Phi) is 4.55. The van der Waals surface area contributed by atoms with Gasteiger partial charge in [0, 0.05) is 0 Å². The van der Waals surface area contributed by atoms with E-state index in [4.69, 9.17) is 0 Å². The fourth-order valence-electron chi connectivity index (χ4n) is 1.31. The van der Waals surface area contributed by atoms with E-state index in [1.807, 2.05) is 0 Å². The summed E-state index contributed by atoms with van der Waals surface area (Å²) in [5, 5.41) is 9.56. The molecule has 0 radical (unpaired) electrons. The maximum Gasteiger partial charge on any atom is 0.306 e. The zero-order valence-corrected chi connectivity index (χ0v) is 11.0. The summed E-state index contributed by atoms with van der Waals surface area (Å²) in [6, 6.07) is 4.65. The highest BCUT2D eigenvalue weighted by atomic mass is 32.2. The molecule has 0 aromatic heterocycles. The average Bonchev–Trinajstić information content (AvgIpc) is 2.31. The standard InChI is InChI=1S/C11H15NO5S/c1-8-4-3-5-9(13)11(8)12-18(15,16)7-6-10(14)17-2/h3-5,12-13H,6-7H2,1-2H3. The molecule has 1 rings (SSSR count). The minimum atomic E-state index is -3.70. The van der Waals surface area contributed by atoms with E-state index in [-0.39, 0.29) is 17.9 Å². The molecule has 0 heterocycles. The largest absolute Gasteiger partial charge is 0.506 e. The number of nitrogens with one attached hydrogen (secondary N) is 1. The van der Waals surface area contributed by atoms with Gasteiger partial charge in [-0.3, -0.25) is 9.52 Å². The Balaban J connectivity index is 2.80. The highest BCUT2D eigenvalue weighted by Gasteiger charge is 2.16. The third kappa shape index (κ3) is 3.92. The van der Waals surface area contributed by atoms with Crippen LogP contribution in [0.5, 0.6) is 5.75 Å². The van der Waals surface area contributed by atoms with E-state index in [2.05, 4.69) is 9.46 Å². The minimum absolute atomic E-state index is 0.127. The van der Waals surface area contributed by atoms with Gasteiger partial charge in [-0.1, -0.05) is 12.1 Å².